The Morgan fingerprint density at radius 2 is 2.04 bits per heavy atom. The molecule has 0 radical (unpaired) electrons. The van der Waals surface area contributed by atoms with Crippen LogP contribution >= 0.6 is 12.4 Å². The van der Waals surface area contributed by atoms with E-state index in [1.54, 1.807) is 0 Å². The molecular weight excluding hydrogens is 384 g/mol. The van der Waals surface area contributed by atoms with E-state index >= 15 is 0 Å². The van der Waals surface area contributed by atoms with Gasteiger partial charge in [-0.25, -0.2) is 9.78 Å². The number of amides is 1. The zero-order valence-electron chi connectivity index (χ0n) is 15.7. The summed E-state index contributed by atoms with van der Waals surface area (Å²) in [5.74, 6) is 0.326. The first-order valence-corrected chi connectivity index (χ1v) is 8.75. The summed E-state index contributed by atoms with van der Waals surface area (Å²) in [6, 6.07) is 7.66. The maximum atomic E-state index is 12.2. The molecule has 150 valence electrons. The molecule has 4 N–H and O–H groups in total. The van der Waals surface area contributed by atoms with Crippen LogP contribution in [0.25, 0.3) is 11.2 Å². The number of carbonyl (C=O) groups excluding carboxylic acids is 1. The molecule has 0 fully saturated rings. The molecular formula is C18H23ClN6O3. The SMILES string of the molecule is CCNCc1cccc(NC(=O)CCc2nc3c([nH]2)c(=O)[nH]c(=O)n3C)c1.Cl. The molecule has 10 heteroatoms. The van der Waals surface area contributed by atoms with Crippen LogP contribution in [0, 0.1) is 0 Å². The smallest absolute Gasteiger partial charge is 0.329 e. The first kappa shape index (κ1) is 21.4. The summed E-state index contributed by atoms with van der Waals surface area (Å²) < 4.78 is 1.26. The van der Waals surface area contributed by atoms with Crippen LogP contribution < -0.4 is 21.9 Å². The molecule has 2 heterocycles. The fourth-order valence-electron chi connectivity index (χ4n) is 2.75. The van der Waals surface area contributed by atoms with E-state index in [4.69, 9.17) is 0 Å². The number of nitrogens with one attached hydrogen (secondary N) is 4. The standard InChI is InChI=1S/C18H22N6O3.ClH/c1-3-19-10-11-5-4-6-12(9-11)20-14(25)8-7-13-21-15-16(22-13)24(2)18(27)23-17(15)26;/h4-6,9,19H,3,7-8,10H2,1-2H3,(H,20,25)(H,21,22)(H,23,26,27);1H. The summed E-state index contributed by atoms with van der Waals surface area (Å²) >= 11 is 0. The Labute approximate surface area is 167 Å². The van der Waals surface area contributed by atoms with Gasteiger partial charge in [-0.1, -0.05) is 19.1 Å². The molecule has 28 heavy (non-hydrogen) atoms. The van der Waals surface area contributed by atoms with E-state index in [1.165, 1.54) is 11.6 Å². The van der Waals surface area contributed by atoms with E-state index in [9.17, 15) is 14.4 Å². The highest BCUT2D eigenvalue weighted by atomic mass is 35.5. The molecule has 0 saturated heterocycles. The van der Waals surface area contributed by atoms with Gasteiger partial charge in [0.25, 0.3) is 5.56 Å². The summed E-state index contributed by atoms with van der Waals surface area (Å²) in [6.07, 6.45) is 0.522. The monoisotopic (exact) mass is 406 g/mol. The molecule has 0 spiro atoms. The van der Waals surface area contributed by atoms with Crippen LogP contribution in [0.1, 0.15) is 24.7 Å². The molecule has 3 rings (SSSR count). The van der Waals surface area contributed by atoms with Crippen molar-refractivity contribution >= 4 is 35.2 Å². The van der Waals surface area contributed by atoms with Gasteiger partial charge >= 0.3 is 5.69 Å². The number of benzene rings is 1. The highest BCUT2D eigenvalue weighted by Crippen LogP contribution is 2.12. The average molecular weight is 407 g/mol. The fourth-order valence-corrected chi connectivity index (χ4v) is 2.75. The van der Waals surface area contributed by atoms with Gasteiger partial charge in [0, 0.05) is 32.1 Å². The minimum Gasteiger partial charge on any atom is -0.336 e. The number of H-pyrrole nitrogens is 2. The number of fused-ring (bicyclic) bond motifs is 1. The van der Waals surface area contributed by atoms with Crippen LogP contribution in [0.4, 0.5) is 5.69 Å². The van der Waals surface area contributed by atoms with Crippen molar-refractivity contribution in [2.45, 2.75) is 26.3 Å². The molecule has 0 saturated carbocycles. The predicted molar refractivity (Wildman–Crippen MR) is 110 cm³/mol. The lowest BCUT2D eigenvalue weighted by Gasteiger charge is -2.07. The Bertz CT molecular complexity index is 1080. The van der Waals surface area contributed by atoms with Crippen molar-refractivity contribution in [2.75, 3.05) is 11.9 Å². The van der Waals surface area contributed by atoms with Gasteiger partial charge in [0.2, 0.25) is 5.91 Å². The van der Waals surface area contributed by atoms with Crippen molar-refractivity contribution in [3.05, 3.63) is 56.5 Å². The molecule has 3 aromatic rings. The van der Waals surface area contributed by atoms with Gasteiger partial charge in [-0.15, -0.1) is 12.4 Å². The summed E-state index contributed by atoms with van der Waals surface area (Å²) in [5.41, 5.74) is 1.28. The van der Waals surface area contributed by atoms with Gasteiger partial charge in [-0.3, -0.25) is 19.1 Å². The minimum absolute atomic E-state index is 0. The first-order chi connectivity index (χ1) is 13.0. The lowest BCUT2D eigenvalue weighted by atomic mass is 10.2. The number of aromatic amines is 2. The summed E-state index contributed by atoms with van der Waals surface area (Å²) in [5, 5.41) is 6.10. The lowest BCUT2D eigenvalue weighted by molar-refractivity contribution is -0.116. The molecule has 1 amide bonds. The Hall–Kier alpha value is -2.91. The highest BCUT2D eigenvalue weighted by molar-refractivity contribution is 5.90. The Morgan fingerprint density at radius 3 is 2.79 bits per heavy atom. The number of rotatable bonds is 7. The third kappa shape index (κ3) is 4.87. The second kappa shape index (κ2) is 9.34. The molecule has 2 aromatic heterocycles. The van der Waals surface area contributed by atoms with Gasteiger partial charge in [0.15, 0.2) is 5.65 Å². The van der Waals surface area contributed by atoms with E-state index < -0.39 is 11.2 Å². The number of imidazole rings is 1. The molecule has 0 aliphatic heterocycles. The number of aryl methyl sites for hydroxylation is 2. The van der Waals surface area contributed by atoms with Gasteiger partial charge in [0.05, 0.1) is 0 Å². The van der Waals surface area contributed by atoms with Crippen molar-refractivity contribution in [3.8, 4) is 0 Å². The molecule has 1 aromatic carbocycles. The van der Waals surface area contributed by atoms with E-state index in [0.29, 0.717) is 12.2 Å². The van der Waals surface area contributed by atoms with E-state index in [-0.39, 0.29) is 35.9 Å². The highest BCUT2D eigenvalue weighted by Gasteiger charge is 2.12. The second-order valence-corrected chi connectivity index (χ2v) is 6.23. The van der Waals surface area contributed by atoms with E-state index in [1.807, 2.05) is 31.2 Å². The van der Waals surface area contributed by atoms with Gasteiger partial charge in [-0.05, 0) is 24.2 Å². The largest absolute Gasteiger partial charge is 0.336 e. The zero-order chi connectivity index (χ0) is 19.4. The molecule has 0 aliphatic carbocycles. The maximum absolute atomic E-state index is 12.2. The summed E-state index contributed by atoms with van der Waals surface area (Å²) in [6.45, 7) is 3.66. The van der Waals surface area contributed by atoms with E-state index in [0.717, 1.165) is 24.3 Å². The Kier molecular flexibility index (Phi) is 7.13. The quantitative estimate of drug-likeness (QED) is 0.467. The third-order valence-corrected chi connectivity index (χ3v) is 4.18. The topological polar surface area (TPSA) is 125 Å². The molecule has 9 nitrogen and oxygen atoms in total. The van der Waals surface area contributed by atoms with Crippen molar-refractivity contribution in [2.24, 2.45) is 7.05 Å². The van der Waals surface area contributed by atoms with Crippen molar-refractivity contribution in [3.63, 3.8) is 0 Å². The molecule has 0 bridgehead atoms. The minimum atomic E-state index is -0.527. The van der Waals surface area contributed by atoms with Crippen LogP contribution in [0.5, 0.6) is 0 Å². The molecule has 0 atom stereocenters. The Morgan fingerprint density at radius 1 is 1.25 bits per heavy atom. The van der Waals surface area contributed by atoms with Gasteiger partial charge in [-0.2, -0.15) is 0 Å². The number of aromatic nitrogens is 4. The van der Waals surface area contributed by atoms with Crippen LogP contribution in [0.2, 0.25) is 0 Å². The first-order valence-electron chi connectivity index (χ1n) is 8.75. The number of carbonyl (C=O) groups is 1. The molecule has 0 aliphatic rings. The van der Waals surface area contributed by atoms with Crippen LogP contribution in [-0.4, -0.2) is 32.0 Å². The zero-order valence-corrected chi connectivity index (χ0v) is 16.5. The van der Waals surface area contributed by atoms with Crippen LogP contribution in [-0.2, 0) is 24.8 Å². The summed E-state index contributed by atoms with van der Waals surface area (Å²) in [4.78, 5) is 45.0. The van der Waals surface area contributed by atoms with Crippen molar-refractivity contribution in [1.82, 2.24) is 24.8 Å². The van der Waals surface area contributed by atoms with Crippen LogP contribution in [0.15, 0.2) is 33.9 Å². The van der Waals surface area contributed by atoms with E-state index in [2.05, 4.69) is 25.6 Å². The predicted octanol–water partition coefficient (Wildman–Crippen LogP) is 1.05. The molecule has 0 unspecified atom stereocenters. The Balaban J connectivity index is 0.00000280. The van der Waals surface area contributed by atoms with Gasteiger partial charge < -0.3 is 15.6 Å². The average Bonchev–Trinajstić information content (AvgIpc) is 3.08. The summed E-state index contributed by atoms with van der Waals surface area (Å²) in [7, 11) is 1.53. The van der Waals surface area contributed by atoms with Crippen molar-refractivity contribution in [1.29, 1.82) is 0 Å². The normalized spacial score (nSPS) is 10.6. The number of hydrogen-bond acceptors (Lipinski definition) is 5. The number of nitrogens with zero attached hydrogens (tertiary/aromatic N) is 2. The lowest BCUT2D eigenvalue weighted by Crippen LogP contribution is -2.28. The van der Waals surface area contributed by atoms with Crippen LogP contribution in [0.3, 0.4) is 0 Å². The maximum Gasteiger partial charge on any atom is 0.329 e. The fraction of sp³-hybridized carbons (Fsp3) is 0.333. The number of hydrogen-bond donors (Lipinski definition) is 4. The number of anilines is 1. The van der Waals surface area contributed by atoms with Gasteiger partial charge in [0.1, 0.15) is 11.3 Å². The number of halogens is 1. The second-order valence-electron chi connectivity index (χ2n) is 6.23. The third-order valence-electron chi connectivity index (χ3n) is 4.18. The van der Waals surface area contributed by atoms with Crippen molar-refractivity contribution < 1.29 is 4.79 Å².